The van der Waals surface area contributed by atoms with Crippen molar-refractivity contribution in [2.24, 2.45) is 5.92 Å². The van der Waals surface area contributed by atoms with Gasteiger partial charge in [0.25, 0.3) is 0 Å². The molecule has 0 amide bonds. The Morgan fingerprint density at radius 1 is 1.30 bits per heavy atom. The van der Waals surface area contributed by atoms with Gasteiger partial charge in [-0.05, 0) is 69.8 Å². The zero-order valence-corrected chi connectivity index (χ0v) is 12.5. The van der Waals surface area contributed by atoms with Crippen molar-refractivity contribution in [3.63, 3.8) is 0 Å². The van der Waals surface area contributed by atoms with Crippen LogP contribution in [0.5, 0.6) is 0 Å². The summed E-state index contributed by atoms with van der Waals surface area (Å²) < 4.78 is 13.3. The number of likely N-dealkylation sites (N-methyl/N-ethyl adjacent to an activating group) is 1. The van der Waals surface area contributed by atoms with Gasteiger partial charge in [-0.15, -0.1) is 0 Å². The second-order valence-corrected chi connectivity index (χ2v) is 6.51. The molecule has 0 radical (unpaired) electrons. The summed E-state index contributed by atoms with van der Waals surface area (Å²) in [4.78, 5) is 2.57. The van der Waals surface area contributed by atoms with Gasteiger partial charge >= 0.3 is 0 Å². The standard InChI is InChI=1S/C17H25FN2/c1-19-17(9-12-4-3-5-14(18)8-12)13-10-15-6-7-16(11-13)20(15)2/h3-5,8,13,15-17,19H,6-7,9-11H2,1-2H3. The molecule has 0 spiro atoms. The molecule has 0 aromatic heterocycles. The molecule has 3 unspecified atom stereocenters. The Morgan fingerprint density at radius 2 is 2.00 bits per heavy atom. The van der Waals surface area contributed by atoms with Crippen LogP contribution in [0.1, 0.15) is 31.2 Å². The van der Waals surface area contributed by atoms with Gasteiger partial charge in [0.1, 0.15) is 5.82 Å². The number of benzene rings is 1. The Bertz CT molecular complexity index is 448. The Morgan fingerprint density at radius 3 is 2.60 bits per heavy atom. The minimum atomic E-state index is -0.124. The summed E-state index contributed by atoms with van der Waals surface area (Å²) in [5.41, 5.74) is 1.11. The summed E-state index contributed by atoms with van der Waals surface area (Å²) in [5.74, 6) is 0.595. The number of nitrogens with zero attached hydrogens (tertiary/aromatic N) is 1. The molecule has 110 valence electrons. The number of halogens is 1. The van der Waals surface area contributed by atoms with Crippen molar-refractivity contribution in [2.75, 3.05) is 14.1 Å². The smallest absolute Gasteiger partial charge is 0.123 e. The molecule has 3 atom stereocenters. The van der Waals surface area contributed by atoms with Gasteiger partial charge in [0, 0.05) is 18.1 Å². The highest BCUT2D eigenvalue weighted by Crippen LogP contribution is 2.39. The molecule has 3 heteroatoms. The van der Waals surface area contributed by atoms with Gasteiger partial charge in [-0.2, -0.15) is 0 Å². The first kappa shape index (κ1) is 14.0. The van der Waals surface area contributed by atoms with Crippen molar-refractivity contribution in [3.05, 3.63) is 35.6 Å². The molecule has 0 aliphatic carbocycles. The summed E-state index contributed by atoms with van der Waals surface area (Å²) >= 11 is 0. The lowest BCUT2D eigenvalue weighted by Gasteiger charge is -2.40. The zero-order chi connectivity index (χ0) is 14.1. The lowest BCUT2D eigenvalue weighted by atomic mass is 9.82. The van der Waals surface area contributed by atoms with Crippen LogP contribution < -0.4 is 5.32 Å². The highest BCUT2D eigenvalue weighted by molar-refractivity contribution is 5.18. The molecule has 20 heavy (non-hydrogen) atoms. The molecule has 3 rings (SSSR count). The summed E-state index contributed by atoms with van der Waals surface area (Å²) in [6.07, 6.45) is 6.21. The van der Waals surface area contributed by atoms with E-state index in [2.05, 4.69) is 17.3 Å². The monoisotopic (exact) mass is 276 g/mol. The molecule has 2 aliphatic rings. The van der Waals surface area contributed by atoms with Crippen LogP contribution in [0.4, 0.5) is 4.39 Å². The zero-order valence-electron chi connectivity index (χ0n) is 12.5. The molecule has 1 N–H and O–H groups in total. The molecule has 2 saturated heterocycles. The Hall–Kier alpha value is -0.930. The normalized spacial score (nSPS) is 31.4. The topological polar surface area (TPSA) is 15.3 Å². The van der Waals surface area contributed by atoms with Crippen molar-refractivity contribution in [1.82, 2.24) is 10.2 Å². The highest BCUT2D eigenvalue weighted by atomic mass is 19.1. The van der Waals surface area contributed by atoms with Crippen LogP contribution in [-0.2, 0) is 6.42 Å². The number of fused-ring (bicyclic) bond motifs is 2. The van der Waals surface area contributed by atoms with E-state index in [1.807, 2.05) is 19.2 Å². The van der Waals surface area contributed by atoms with Gasteiger partial charge in [0.15, 0.2) is 0 Å². The average molecular weight is 276 g/mol. The van der Waals surface area contributed by atoms with Crippen LogP contribution in [0.2, 0.25) is 0 Å². The van der Waals surface area contributed by atoms with Crippen LogP contribution in [0.25, 0.3) is 0 Å². The van der Waals surface area contributed by atoms with Crippen LogP contribution in [0.3, 0.4) is 0 Å². The first-order chi connectivity index (χ1) is 9.67. The van der Waals surface area contributed by atoms with Gasteiger partial charge in [-0.3, -0.25) is 0 Å². The van der Waals surface area contributed by atoms with Crippen molar-refractivity contribution >= 4 is 0 Å². The van der Waals surface area contributed by atoms with E-state index in [1.54, 1.807) is 6.07 Å². The van der Waals surface area contributed by atoms with E-state index in [0.29, 0.717) is 6.04 Å². The molecule has 2 nitrogen and oxygen atoms in total. The Balaban J connectivity index is 1.68. The van der Waals surface area contributed by atoms with E-state index in [0.717, 1.165) is 30.0 Å². The maximum atomic E-state index is 13.3. The van der Waals surface area contributed by atoms with Gasteiger partial charge < -0.3 is 10.2 Å². The summed E-state index contributed by atoms with van der Waals surface area (Å²) in [6, 6.07) is 9.05. The molecule has 2 heterocycles. The van der Waals surface area contributed by atoms with E-state index in [9.17, 15) is 4.39 Å². The number of hydrogen-bond acceptors (Lipinski definition) is 2. The van der Waals surface area contributed by atoms with E-state index < -0.39 is 0 Å². The molecule has 2 bridgehead atoms. The van der Waals surface area contributed by atoms with Crippen molar-refractivity contribution in [2.45, 2.75) is 50.2 Å². The lowest BCUT2D eigenvalue weighted by molar-refractivity contribution is 0.114. The van der Waals surface area contributed by atoms with E-state index in [1.165, 1.54) is 31.7 Å². The Labute approximate surface area is 121 Å². The van der Waals surface area contributed by atoms with Gasteiger partial charge in [0.05, 0.1) is 0 Å². The van der Waals surface area contributed by atoms with Crippen LogP contribution in [0, 0.1) is 11.7 Å². The molecule has 0 saturated carbocycles. The van der Waals surface area contributed by atoms with Crippen LogP contribution in [0.15, 0.2) is 24.3 Å². The van der Waals surface area contributed by atoms with Crippen molar-refractivity contribution in [1.29, 1.82) is 0 Å². The minimum absolute atomic E-state index is 0.124. The quantitative estimate of drug-likeness (QED) is 0.909. The van der Waals surface area contributed by atoms with Crippen molar-refractivity contribution in [3.8, 4) is 0 Å². The fourth-order valence-electron chi connectivity index (χ4n) is 4.20. The van der Waals surface area contributed by atoms with Gasteiger partial charge in [0.2, 0.25) is 0 Å². The van der Waals surface area contributed by atoms with Gasteiger partial charge in [-0.25, -0.2) is 4.39 Å². The third kappa shape index (κ3) is 2.75. The van der Waals surface area contributed by atoms with E-state index in [4.69, 9.17) is 0 Å². The number of rotatable bonds is 4. The second kappa shape index (κ2) is 5.82. The first-order valence-electron chi connectivity index (χ1n) is 7.81. The predicted molar refractivity (Wildman–Crippen MR) is 80.2 cm³/mol. The Kier molecular flexibility index (Phi) is 4.08. The second-order valence-electron chi connectivity index (χ2n) is 6.51. The predicted octanol–water partition coefficient (Wildman–Crippen LogP) is 2.83. The third-order valence-corrected chi connectivity index (χ3v) is 5.42. The number of hydrogen-bond donors (Lipinski definition) is 1. The third-order valence-electron chi connectivity index (χ3n) is 5.42. The molecule has 2 fully saturated rings. The summed E-state index contributed by atoms with van der Waals surface area (Å²) in [7, 11) is 4.32. The van der Waals surface area contributed by atoms with Crippen LogP contribution in [-0.4, -0.2) is 37.1 Å². The average Bonchev–Trinajstić information content (AvgIpc) is 2.66. The fourth-order valence-corrected chi connectivity index (χ4v) is 4.20. The van der Waals surface area contributed by atoms with E-state index in [-0.39, 0.29) is 5.82 Å². The number of nitrogens with one attached hydrogen (secondary N) is 1. The molecule has 1 aromatic rings. The first-order valence-corrected chi connectivity index (χ1v) is 7.81. The molecular weight excluding hydrogens is 251 g/mol. The SMILES string of the molecule is CNC(Cc1cccc(F)c1)C1CC2CCC(C1)N2C. The maximum Gasteiger partial charge on any atom is 0.123 e. The highest BCUT2D eigenvalue weighted by Gasteiger charge is 2.40. The minimum Gasteiger partial charge on any atom is -0.316 e. The molecule has 1 aromatic carbocycles. The molecule has 2 aliphatic heterocycles. The summed E-state index contributed by atoms with van der Waals surface area (Å²) in [6.45, 7) is 0. The maximum absolute atomic E-state index is 13.3. The largest absolute Gasteiger partial charge is 0.316 e. The van der Waals surface area contributed by atoms with Gasteiger partial charge in [-0.1, -0.05) is 12.1 Å². The van der Waals surface area contributed by atoms with Crippen LogP contribution >= 0.6 is 0 Å². The molecular formula is C17H25FN2. The van der Waals surface area contributed by atoms with Crippen molar-refractivity contribution < 1.29 is 4.39 Å². The van der Waals surface area contributed by atoms with E-state index >= 15 is 0 Å². The fraction of sp³-hybridized carbons (Fsp3) is 0.647. The summed E-state index contributed by atoms with van der Waals surface area (Å²) in [5, 5.41) is 3.48. The number of piperidine rings is 1. The lowest BCUT2D eigenvalue weighted by Crippen LogP contribution is -2.47.